The topological polar surface area (TPSA) is 49.3 Å². The molecule has 24 heavy (non-hydrogen) atoms. The van der Waals surface area contributed by atoms with Gasteiger partial charge in [-0.2, -0.15) is 0 Å². The van der Waals surface area contributed by atoms with E-state index in [-0.39, 0.29) is 6.54 Å². The van der Waals surface area contributed by atoms with Crippen molar-refractivity contribution in [2.24, 2.45) is 0 Å². The minimum Gasteiger partial charge on any atom is -0.385 e. The number of hydrogen-bond acceptors (Lipinski definition) is 3. The minimum atomic E-state index is -1.68. The van der Waals surface area contributed by atoms with Gasteiger partial charge < -0.3 is 10.4 Å². The van der Waals surface area contributed by atoms with E-state index in [1.807, 2.05) is 49.4 Å². The molecule has 0 amide bonds. The highest BCUT2D eigenvalue weighted by atomic mass is 32.2. The summed E-state index contributed by atoms with van der Waals surface area (Å²) in [6.45, 7) is 3.18. The van der Waals surface area contributed by atoms with E-state index in [0.29, 0.717) is 11.4 Å². The molecular formula is C19H24FNO2S. The van der Waals surface area contributed by atoms with Gasteiger partial charge in [0.1, 0.15) is 12.3 Å². The standard InChI is InChI=1S/C19H24FNO2S/c1-15-8-10-18(11-9-15)24(23)16(2)19(22,13-20)14-21-12-17-6-4-3-5-7-17/h3-11,16,21-22H,12-14H2,1-2H3/t16-,19-,24?/m1/s1. The Morgan fingerprint density at radius 1 is 1.17 bits per heavy atom. The second-order valence-corrected chi connectivity index (χ2v) is 7.85. The number of hydrogen-bond donors (Lipinski definition) is 2. The average molecular weight is 349 g/mol. The van der Waals surface area contributed by atoms with Crippen molar-refractivity contribution in [3.8, 4) is 0 Å². The van der Waals surface area contributed by atoms with Gasteiger partial charge in [-0.3, -0.25) is 4.21 Å². The first-order valence-corrected chi connectivity index (χ1v) is 9.18. The minimum absolute atomic E-state index is 0.0389. The zero-order chi connectivity index (χ0) is 17.6. The van der Waals surface area contributed by atoms with Gasteiger partial charge in [0.25, 0.3) is 0 Å². The van der Waals surface area contributed by atoms with Crippen LogP contribution in [0.2, 0.25) is 0 Å². The molecule has 2 aromatic rings. The maximum absolute atomic E-state index is 13.5. The molecule has 2 aromatic carbocycles. The van der Waals surface area contributed by atoms with Gasteiger partial charge in [0.2, 0.25) is 0 Å². The van der Waals surface area contributed by atoms with Crippen LogP contribution in [0, 0.1) is 6.92 Å². The van der Waals surface area contributed by atoms with Gasteiger partial charge in [0, 0.05) is 18.0 Å². The Balaban J connectivity index is 2.01. The van der Waals surface area contributed by atoms with Crippen molar-refractivity contribution in [3.05, 3.63) is 65.7 Å². The van der Waals surface area contributed by atoms with Crippen molar-refractivity contribution in [2.75, 3.05) is 13.2 Å². The number of aliphatic hydroxyl groups is 1. The Morgan fingerprint density at radius 3 is 2.38 bits per heavy atom. The molecule has 0 spiro atoms. The zero-order valence-electron chi connectivity index (χ0n) is 14.0. The quantitative estimate of drug-likeness (QED) is 0.770. The first kappa shape index (κ1) is 18.8. The fourth-order valence-corrected chi connectivity index (χ4v) is 3.75. The van der Waals surface area contributed by atoms with E-state index in [9.17, 15) is 13.7 Å². The third-order valence-electron chi connectivity index (χ3n) is 4.17. The Morgan fingerprint density at radius 2 is 1.79 bits per heavy atom. The number of aryl methyl sites for hydroxylation is 1. The first-order valence-electron chi connectivity index (χ1n) is 7.96. The molecule has 0 saturated carbocycles. The number of alkyl halides is 1. The number of rotatable bonds is 8. The first-order chi connectivity index (χ1) is 11.5. The molecule has 130 valence electrons. The van der Waals surface area contributed by atoms with E-state index in [0.717, 1.165) is 11.1 Å². The molecule has 5 heteroatoms. The smallest absolute Gasteiger partial charge is 0.121 e. The summed E-state index contributed by atoms with van der Waals surface area (Å²) in [6, 6.07) is 16.9. The van der Waals surface area contributed by atoms with Gasteiger partial charge in [0.05, 0.1) is 16.0 Å². The third-order valence-corrected chi connectivity index (χ3v) is 5.98. The summed E-state index contributed by atoms with van der Waals surface area (Å²) in [4.78, 5) is 0.600. The van der Waals surface area contributed by atoms with E-state index >= 15 is 0 Å². The van der Waals surface area contributed by atoms with Crippen LogP contribution in [0.4, 0.5) is 4.39 Å². The summed E-state index contributed by atoms with van der Waals surface area (Å²) in [7, 11) is -1.48. The number of benzene rings is 2. The Labute approximate surface area is 145 Å². The highest BCUT2D eigenvalue weighted by Gasteiger charge is 2.38. The molecule has 0 saturated heterocycles. The van der Waals surface area contributed by atoms with Crippen LogP contribution in [0.15, 0.2) is 59.5 Å². The van der Waals surface area contributed by atoms with E-state index in [4.69, 9.17) is 0 Å². The molecule has 2 N–H and O–H groups in total. The summed E-state index contributed by atoms with van der Waals surface area (Å²) in [5.74, 6) is 0. The SMILES string of the molecule is Cc1ccc(S(=O)[C@H](C)[C@@](O)(CF)CNCc2ccccc2)cc1. The average Bonchev–Trinajstić information content (AvgIpc) is 2.62. The van der Waals surface area contributed by atoms with Crippen molar-refractivity contribution in [1.29, 1.82) is 0 Å². The van der Waals surface area contributed by atoms with E-state index < -0.39 is 28.3 Å². The van der Waals surface area contributed by atoms with Crippen LogP contribution in [0.1, 0.15) is 18.1 Å². The summed E-state index contributed by atoms with van der Waals surface area (Å²) in [5.41, 5.74) is 0.435. The van der Waals surface area contributed by atoms with Crippen LogP contribution in [0.25, 0.3) is 0 Å². The van der Waals surface area contributed by atoms with Gasteiger partial charge in [-0.1, -0.05) is 48.0 Å². The molecule has 0 fully saturated rings. The number of nitrogens with one attached hydrogen (secondary N) is 1. The van der Waals surface area contributed by atoms with Crippen LogP contribution in [-0.2, 0) is 17.3 Å². The molecule has 1 unspecified atom stereocenters. The van der Waals surface area contributed by atoms with Gasteiger partial charge in [-0.05, 0) is 31.5 Å². The summed E-state index contributed by atoms with van der Waals surface area (Å²) >= 11 is 0. The van der Waals surface area contributed by atoms with Gasteiger partial charge >= 0.3 is 0 Å². The van der Waals surface area contributed by atoms with E-state index in [2.05, 4.69) is 5.32 Å². The third kappa shape index (κ3) is 4.72. The van der Waals surface area contributed by atoms with E-state index in [1.54, 1.807) is 19.1 Å². The molecule has 0 aromatic heterocycles. The van der Waals surface area contributed by atoms with Gasteiger partial charge in [0.15, 0.2) is 0 Å². The van der Waals surface area contributed by atoms with Gasteiger partial charge in [-0.25, -0.2) is 4.39 Å². The van der Waals surface area contributed by atoms with Crippen LogP contribution in [0.5, 0.6) is 0 Å². The van der Waals surface area contributed by atoms with Crippen molar-refractivity contribution >= 4 is 10.8 Å². The van der Waals surface area contributed by atoms with Crippen LogP contribution in [0.3, 0.4) is 0 Å². The van der Waals surface area contributed by atoms with Crippen molar-refractivity contribution in [1.82, 2.24) is 5.32 Å². The Bertz CT molecular complexity index is 663. The fraction of sp³-hybridized carbons (Fsp3) is 0.368. The zero-order valence-corrected chi connectivity index (χ0v) is 14.9. The fourth-order valence-electron chi connectivity index (χ4n) is 2.39. The predicted molar refractivity (Wildman–Crippen MR) is 96.1 cm³/mol. The van der Waals surface area contributed by atoms with Gasteiger partial charge in [-0.15, -0.1) is 0 Å². The second-order valence-electron chi connectivity index (χ2n) is 6.08. The molecule has 0 bridgehead atoms. The van der Waals surface area contributed by atoms with Crippen LogP contribution >= 0.6 is 0 Å². The Hall–Kier alpha value is -1.56. The molecule has 3 nitrogen and oxygen atoms in total. The predicted octanol–water partition coefficient (Wildman–Crippen LogP) is 2.98. The largest absolute Gasteiger partial charge is 0.385 e. The molecule has 2 rings (SSSR count). The lowest BCUT2D eigenvalue weighted by atomic mass is 10.0. The van der Waals surface area contributed by atoms with E-state index in [1.165, 1.54) is 0 Å². The van der Waals surface area contributed by atoms with Crippen LogP contribution < -0.4 is 5.32 Å². The second kappa shape index (κ2) is 8.51. The summed E-state index contributed by atoms with van der Waals surface area (Å²) < 4.78 is 26.2. The molecule has 3 atom stereocenters. The molecular weight excluding hydrogens is 325 g/mol. The molecule has 0 radical (unpaired) electrons. The van der Waals surface area contributed by atoms with Crippen molar-refractivity contribution in [3.63, 3.8) is 0 Å². The Kier molecular flexibility index (Phi) is 6.66. The normalized spacial score (nSPS) is 16.3. The number of halogens is 1. The molecule has 0 heterocycles. The monoisotopic (exact) mass is 349 g/mol. The van der Waals surface area contributed by atoms with Crippen molar-refractivity contribution < 1.29 is 13.7 Å². The lowest BCUT2D eigenvalue weighted by molar-refractivity contribution is 0.0163. The highest BCUT2D eigenvalue weighted by molar-refractivity contribution is 7.85. The van der Waals surface area contributed by atoms with Crippen molar-refractivity contribution in [2.45, 2.75) is 36.1 Å². The van der Waals surface area contributed by atoms with Crippen LogP contribution in [-0.4, -0.2) is 33.4 Å². The maximum atomic E-state index is 13.5. The lowest BCUT2D eigenvalue weighted by Crippen LogP contribution is -2.52. The lowest BCUT2D eigenvalue weighted by Gasteiger charge is -2.31. The molecule has 0 aliphatic rings. The maximum Gasteiger partial charge on any atom is 0.121 e. The molecule has 0 aliphatic carbocycles. The summed E-state index contributed by atoms with van der Waals surface area (Å²) in [5, 5.41) is 13.0. The highest BCUT2D eigenvalue weighted by Crippen LogP contribution is 2.22. The summed E-state index contributed by atoms with van der Waals surface area (Å²) in [6.07, 6.45) is 0. The molecule has 0 aliphatic heterocycles.